The summed E-state index contributed by atoms with van der Waals surface area (Å²) >= 11 is 6.05. The van der Waals surface area contributed by atoms with Gasteiger partial charge in [-0.25, -0.2) is 4.98 Å². The molecule has 0 unspecified atom stereocenters. The first-order valence-corrected chi connectivity index (χ1v) is 8.09. The molecule has 0 spiro atoms. The average molecular weight is 332 g/mol. The summed E-state index contributed by atoms with van der Waals surface area (Å²) in [7, 11) is 0. The third kappa shape index (κ3) is 3.99. The SMILES string of the molecule is O=C(NC1CC=CC1)c1cc(Cl)cc(C(=O)NC2CC=CC2)n1. The predicted molar refractivity (Wildman–Crippen MR) is 88.5 cm³/mol. The molecule has 2 N–H and O–H groups in total. The lowest BCUT2D eigenvalue weighted by molar-refractivity contribution is 0.0930. The lowest BCUT2D eigenvalue weighted by Gasteiger charge is -2.14. The highest BCUT2D eigenvalue weighted by Crippen LogP contribution is 2.15. The van der Waals surface area contributed by atoms with Crippen LogP contribution in [0.1, 0.15) is 46.7 Å². The smallest absolute Gasteiger partial charge is 0.270 e. The summed E-state index contributed by atoms with van der Waals surface area (Å²) in [4.78, 5) is 28.7. The fourth-order valence-corrected chi connectivity index (χ4v) is 2.93. The van der Waals surface area contributed by atoms with Gasteiger partial charge in [0, 0.05) is 17.1 Å². The number of carbonyl (C=O) groups excluding carboxylic acids is 2. The lowest BCUT2D eigenvalue weighted by atomic mass is 10.2. The summed E-state index contributed by atoms with van der Waals surface area (Å²) in [5.41, 5.74) is 0.332. The number of hydrogen-bond acceptors (Lipinski definition) is 3. The third-order valence-corrected chi connectivity index (χ3v) is 4.16. The molecule has 0 bridgehead atoms. The van der Waals surface area contributed by atoms with E-state index in [1.54, 1.807) is 0 Å². The van der Waals surface area contributed by atoms with Gasteiger partial charge in [-0.3, -0.25) is 9.59 Å². The van der Waals surface area contributed by atoms with Crippen LogP contribution in [0.4, 0.5) is 0 Å². The average Bonchev–Trinajstić information content (AvgIpc) is 3.20. The summed E-state index contributed by atoms with van der Waals surface area (Å²) in [6.07, 6.45) is 11.4. The Morgan fingerprint density at radius 1 is 0.870 bits per heavy atom. The molecule has 6 heteroatoms. The molecule has 1 aromatic rings. The van der Waals surface area contributed by atoms with Crippen LogP contribution in [-0.4, -0.2) is 28.9 Å². The number of nitrogens with zero attached hydrogens (tertiary/aromatic N) is 1. The zero-order valence-electron chi connectivity index (χ0n) is 12.6. The second-order valence-electron chi connectivity index (χ2n) is 5.78. The highest BCUT2D eigenvalue weighted by molar-refractivity contribution is 6.31. The van der Waals surface area contributed by atoms with Crippen LogP contribution in [-0.2, 0) is 0 Å². The van der Waals surface area contributed by atoms with E-state index in [1.807, 2.05) is 24.3 Å². The van der Waals surface area contributed by atoms with Gasteiger partial charge in [-0.15, -0.1) is 0 Å². The summed E-state index contributed by atoms with van der Waals surface area (Å²) in [6, 6.07) is 3.13. The molecule has 1 heterocycles. The molecule has 23 heavy (non-hydrogen) atoms. The minimum Gasteiger partial charge on any atom is -0.347 e. The number of carbonyl (C=O) groups is 2. The number of pyridine rings is 1. The number of amides is 2. The Hall–Kier alpha value is -2.14. The Balaban J connectivity index is 1.70. The van der Waals surface area contributed by atoms with E-state index in [0.717, 1.165) is 25.7 Å². The van der Waals surface area contributed by atoms with Gasteiger partial charge in [0.15, 0.2) is 0 Å². The summed E-state index contributed by atoms with van der Waals surface area (Å²) in [5.74, 6) is -0.615. The van der Waals surface area contributed by atoms with E-state index >= 15 is 0 Å². The number of hydrogen-bond donors (Lipinski definition) is 2. The molecule has 0 fully saturated rings. The largest absolute Gasteiger partial charge is 0.347 e. The second-order valence-corrected chi connectivity index (χ2v) is 6.22. The monoisotopic (exact) mass is 331 g/mol. The fraction of sp³-hybridized carbons (Fsp3) is 0.353. The fourth-order valence-electron chi connectivity index (χ4n) is 2.72. The molecule has 1 aromatic heterocycles. The molecule has 0 saturated carbocycles. The van der Waals surface area contributed by atoms with Crippen LogP contribution in [0.3, 0.4) is 0 Å². The summed E-state index contributed by atoms with van der Waals surface area (Å²) in [5, 5.41) is 6.12. The van der Waals surface area contributed by atoms with Gasteiger partial charge in [-0.1, -0.05) is 35.9 Å². The lowest BCUT2D eigenvalue weighted by Crippen LogP contribution is -2.35. The van der Waals surface area contributed by atoms with E-state index in [4.69, 9.17) is 11.6 Å². The highest BCUT2D eigenvalue weighted by Gasteiger charge is 2.20. The Morgan fingerprint density at radius 3 is 1.65 bits per heavy atom. The molecular weight excluding hydrogens is 314 g/mol. The molecule has 120 valence electrons. The molecule has 0 atom stereocenters. The highest BCUT2D eigenvalue weighted by atomic mass is 35.5. The van der Waals surface area contributed by atoms with E-state index in [-0.39, 0.29) is 35.3 Å². The van der Waals surface area contributed by atoms with E-state index in [0.29, 0.717) is 5.02 Å². The van der Waals surface area contributed by atoms with Gasteiger partial charge in [0.1, 0.15) is 11.4 Å². The van der Waals surface area contributed by atoms with Crippen molar-refractivity contribution in [3.63, 3.8) is 0 Å². The minimum absolute atomic E-state index is 0.0881. The van der Waals surface area contributed by atoms with Crippen molar-refractivity contribution in [1.29, 1.82) is 0 Å². The molecule has 0 aliphatic heterocycles. The van der Waals surface area contributed by atoms with Crippen LogP contribution in [0, 0.1) is 0 Å². The normalized spacial score (nSPS) is 17.6. The molecule has 3 rings (SSSR count). The predicted octanol–water partition coefficient (Wildman–Crippen LogP) is 2.63. The van der Waals surface area contributed by atoms with Crippen LogP contribution in [0.2, 0.25) is 5.02 Å². The van der Waals surface area contributed by atoms with E-state index in [9.17, 15) is 9.59 Å². The van der Waals surface area contributed by atoms with Crippen LogP contribution in [0.15, 0.2) is 36.4 Å². The first kappa shape index (κ1) is 15.7. The first-order chi connectivity index (χ1) is 11.1. The quantitative estimate of drug-likeness (QED) is 0.833. The van der Waals surface area contributed by atoms with Crippen molar-refractivity contribution < 1.29 is 9.59 Å². The molecule has 0 radical (unpaired) electrons. The topological polar surface area (TPSA) is 71.1 Å². The Labute approximate surface area is 139 Å². The molecule has 5 nitrogen and oxygen atoms in total. The molecule has 2 aliphatic rings. The third-order valence-electron chi connectivity index (χ3n) is 3.94. The van der Waals surface area contributed by atoms with E-state index in [2.05, 4.69) is 15.6 Å². The Kier molecular flexibility index (Phi) is 4.76. The Morgan fingerprint density at radius 2 is 1.26 bits per heavy atom. The molecule has 2 aliphatic carbocycles. The summed E-state index contributed by atoms with van der Waals surface area (Å²) in [6.45, 7) is 0. The maximum absolute atomic E-state index is 12.3. The van der Waals surface area contributed by atoms with Crippen molar-refractivity contribution in [3.8, 4) is 0 Å². The maximum Gasteiger partial charge on any atom is 0.270 e. The van der Waals surface area contributed by atoms with Crippen LogP contribution < -0.4 is 10.6 Å². The van der Waals surface area contributed by atoms with Gasteiger partial charge in [0.25, 0.3) is 11.8 Å². The Bertz CT molecular complexity index is 614. The van der Waals surface area contributed by atoms with Crippen molar-refractivity contribution in [2.75, 3.05) is 0 Å². The van der Waals surface area contributed by atoms with Gasteiger partial charge in [-0.2, -0.15) is 0 Å². The minimum atomic E-state index is -0.308. The molecule has 0 saturated heterocycles. The van der Waals surface area contributed by atoms with Gasteiger partial charge in [0.2, 0.25) is 0 Å². The van der Waals surface area contributed by atoms with Gasteiger partial charge in [-0.05, 0) is 37.8 Å². The van der Waals surface area contributed by atoms with E-state index < -0.39 is 0 Å². The van der Waals surface area contributed by atoms with Crippen molar-refractivity contribution in [2.24, 2.45) is 0 Å². The van der Waals surface area contributed by atoms with Crippen molar-refractivity contribution in [1.82, 2.24) is 15.6 Å². The van der Waals surface area contributed by atoms with Gasteiger partial charge >= 0.3 is 0 Å². The summed E-state index contributed by atoms with van der Waals surface area (Å²) < 4.78 is 0. The molecule has 0 aromatic carbocycles. The molecular formula is C17H18ClN3O2. The van der Waals surface area contributed by atoms with Crippen LogP contribution in [0.25, 0.3) is 0 Å². The van der Waals surface area contributed by atoms with Gasteiger partial charge < -0.3 is 10.6 Å². The van der Waals surface area contributed by atoms with E-state index in [1.165, 1.54) is 12.1 Å². The standard InChI is InChI=1S/C17H18ClN3O2/c18-11-9-14(16(22)19-12-5-1-2-6-12)21-15(10-11)17(23)20-13-7-3-4-8-13/h1-4,9-10,12-13H,5-8H2,(H,19,22)(H,20,23). The first-order valence-electron chi connectivity index (χ1n) is 7.71. The molecule has 2 amide bonds. The van der Waals surface area contributed by atoms with Crippen molar-refractivity contribution in [3.05, 3.63) is 52.8 Å². The number of halogens is 1. The van der Waals surface area contributed by atoms with Crippen LogP contribution >= 0.6 is 11.6 Å². The number of aromatic nitrogens is 1. The van der Waals surface area contributed by atoms with Crippen LogP contribution in [0.5, 0.6) is 0 Å². The maximum atomic E-state index is 12.3. The number of nitrogens with one attached hydrogen (secondary N) is 2. The second kappa shape index (κ2) is 6.96. The van der Waals surface area contributed by atoms with Gasteiger partial charge in [0.05, 0.1) is 0 Å². The zero-order chi connectivity index (χ0) is 16.2. The van der Waals surface area contributed by atoms with Crippen molar-refractivity contribution >= 4 is 23.4 Å². The zero-order valence-corrected chi connectivity index (χ0v) is 13.3. The number of rotatable bonds is 4. The van der Waals surface area contributed by atoms with Crippen molar-refractivity contribution in [2.45, 2.75) is 37.8 Å².